The molecule has 3 rings (SSSR count). The zero-order valence-electron chi connectivity index (χ0n) is 14.9. The van der Waals surface area contributed by atoms with Crippen molar-refractivity contribution in [3.63, 3.8) is 0 Å². The van der Waals surface area contributed by atoms with Gasteiger partial charge in [0.05, 0.1) is 18.1 Å². The lowest BCUT2D eigenvalue weighted by molar-refractivity contribution is 0.0316. The van der Waals surface area contributed by atoms with Crippen LogP contribution in [0.4, 0.5) is 4.79 Å². The molecule has 1 aliphatic rings. The Morgan fingerprint density at radius 1 is 1.15 bits per heavy atom. The summed E-state index contributed by atoms with van der Waals surface area (Å²) in [5.41, 5.74) is 1.89. The first-order valence-corrected chi connectivity index (χ1v) is 9.93. The third kappa shape index (κ3) is 4.04. The van der Waals surface area contributed by atoms with E-state index in [-0.39, 0.29) is 11.5 Å². The van der Waals surface area contributed by atoms with Gasteiger partial charge in [-0.3, -0.25) is 0 Å². The average Bonchev–Trinajstić information content (AvgIpc) is 2.99. The van der Waals surface area contributed by atoms with Crippen LogP contribution in [0, 0.1) is 6.92 Å². The van der Waals surface area contributed by atoms with Crippen molar-refractivity contribution in [1.29, 1.82) is 0 Å². The molecule has 6 nitrogen and oxygen atoms in total. The first kappa shape index (κ1) is 19.1. The number of ether oxygens (including phenoxy) is 2. The third-order valence-corrected chi connectivity index (χ3v) is 6.08. The SMILES string of the molecule is C=C[C@H]1[C@H](COCc2ccccc2)OC(=O)N1S(=O)(=O)c1ccc(C)cc1. The molecule has 27 heavy (non-hydrogen) atoms. The molecule has 142 valence electrons. The van der Waals surface area contributed by atoms with Crippen LogP contribution in [0.5, 0.6) is 0 Å². The molecule has 0 unspecified atom stereocenters. The molecule has 7 heteroatoms. The quantitative estimate of drug-likeness (QED) is 0.682. The lowest BCUT2D eigenvalue weighted by atomic mass is 10.2. The number of aryl methyl sites for hydroxylation is 1. The predicted octanol–water partition coefficient (Wildman–Crippen LogP) is 3.28. The van der Waals surface area contributed by atoms with Gasteiger partial charge < -0.3 is 9.47 Å². The second kappa shape index (κ2) is 7.94. The van der Waals surface area contributed by atoms with Crippen LogP contribution in [0.25, 0.3) is 0 Å². The monoisotopic (exact) mass is 387 g/mol. The minimum atomic E-state index is -4.04. The summed E-state index contributed by atoms with van der Waals surface area (Å²) < 4.78 is 37.4. The van der Waals surface area contributed by atoms with Crippen molar-refractivity contribution in [2.75, 3.05) is 6.61 Å². The van der Waals surface area contributed by atoms with E-state index in [1.165, 1.54) is 18.2 Å². The molecule has 1 saturated heterocycles. The van der Waals surface area contributed by atoms with Gasteiger partial charge in [-0.25, -0.2) is 13.2 Å². The number of rotatable bonds is 7. The Balaban J connectivity index is 1.74. The summed E-state index contributed by atoms with van der Waals surface area (Å²) in [7, 11) is -4.04. The Morgan fingerprint density at radius 2 is 1.81 bits per heavy atom. The van der Waals surface area contributed by atoms with Crippen molar-refractivity contribution in [3.8, 4) is 0 Å². The molecule has 0 saturated carbocycles. The maximum Gasteiger partial charge on any atom is 0.424 e. The van der Waals surface area contributed by atoms with Gasteiger partial charge in [0.1, 0.15) is 6.04 Å². The van der Waals surface area contributed by atoms with E-state index in [1.54, 1.807) is 12.1 Å². The fraction of sp³-hybridized carbons (Fsp3) is 0.250. The molecule has 2 aromatic rings. The summed E-state index contributed by atoms with van der Waals surface area (Å²) in [5, 5.41) is 0. The Labute approximate surface area is 159 Å². The van der Waals surface area contributed by atoms with Crippen LogP contribution in [0.2, 0.25) is 0 Å². The van der Waals surface area contributed by atoms with E-state index in [0.29, 0.717) is 6.61 Å². The number of sulfonamides is 1. The Bertz CT molecular complexity index is 909. The van der Waals surface area contributed by atoms with E-state index < -0.39 is 28.3 Å². The predicted molar refractivity (Wildman–Crippen MR) is 101 cm³/mol. The number of benzene rings is 2. The molecule has 0 aromatic heterocycles. The minimum Gasteiger partial charge on any atom is -0.440 e. The molecule has 0 bridgehead atoms. The Morgan fingerprint density at radius 3 is 2.44 bits per heavy atom. The molecule has 2 atom stereocenters. The van der Waals surface area contributed by atoms with Crippen molar-refractivity contribution in [1.82, 2.24) is 4.31 Å². The van der Waals surface area contributed by atoms with Crippen molar-refractivity contribution >= 4 is 16.1 Å². The van der Waals surface area contributed by atoms with E-state index in [1.807, 2.05) is 37.3 Å². The fourth-order valence-corrected chi connectivity index (χ4v) is 4.34. The van der Waals surface area contributed by atoms with Gasteiger partial charge in [-0.2, -0.15) is 4.31 Å². The fourth-order valence-electron chi connectivity index (χ4n) is 2.85. The van der Waals surface area contributed by atoms with Gasteiger partial charge in [0.25, 0.3) is 10.0 Å². The van der Waals surface area contributed by atoms with Crippen LogP contribution in [-0.4, -0.2) is 37.6 Å². The summed E-state index contributed by atoms with van der Waals surface area (Å²) in [4.78, 5) is 12.3. The maximum absolute atomic E-state index is 12.9. The molecule has 1 aliphatic heterocycles. The third-order valence-electron chi connectivity index (χ3n) is 4.30. The zero-order valence-corrected chi connectivity index (χ0v) is 15.8. The van der Waals surface area contributed by atoms with E-state index in [9.17, 15) is 13.2 Å². The van der Waals surface area contributed by atoms with Gasteiger partial charge in [-0.1, -0.05) is 54.1 Å². The molecule has 1 amide bonds. The van der Waals surface area contributed by atoms with Gasteiger partial charge in [0, 0.05) is 0 Å². The number of amides is 1. The van der Waals surface area contributed by atoms with Crippen LogP contribution in [0.1, 0.15) is 11.1 Å². The molecular formula is C20H21NO5S. The van der Waals surface area contributed by atoms with Crippen LogP contribution < -0.4 is 0 Å². The van der Waals surface area contributed by atoms with Crippen molar-refractivity contribution in [2.45, 2.75) is 30.6 Å². The van der Waals surface area contributed by atoms with Crippen LogP contribution in [0.3, 0.4) is 0 Å². The number of carbonyl (C=O) groups is 1. The van der Waals surface area contributed by atoms with E-state index >= 15 is 0 Å². The molecule has 1 heterocycles. The summed E-state index contributed by atoms with van der Waals surface area (Å²) in [6.45, 7) is 5.93. The minimum absolute atomic E-state index is 0.0303. The smallest absolute Gasteiger partial charge is 0.424 e. The number of nitrogens with zero attached hydrogens (tertiary/aromatic N) is 1. The Kier molecular flexibility index (Phi) is 5.62. The normalized spacial score (nSPS) is 19.7. The molecule has 1 fully saturated rings. The largest absolute Gasteiger partial charge is 0.440 e. The highest BCUT2D eigenvalue weighted by atomic mass is 32.2. The molecule has 0 N–H and O–H groups in total. The zero-order chi connectivity index (χ0) is 19.4. The van der Waals surface area contributed by atoms with Crippen molar-refractivity contribution in [2.24, 2.45) is 0 Å². The lowest BCUT2D eigenvalue weighted by Crippen LogP contribution is -2.40. The summed E-state index contributed by atoms with van der Waals surface area (Å²) in [6.07, 6.45) is -0.277. The van der Waals surface area contributed by atoms with Gasteiger partial charge >= 0.3 is 6.09 Å². The second-order valence-electron chi connectivity index (χ2n) is 6.26. The summed E-state index contributed by atoms with van der Waals surface area (Å²) in [6, 6.07) is 15.0. The van der Waals surface area contributed by atoms with E-state index in [4.69, 9.17) is 9.47 Å². The molecule has 0 spiro atoms. The van der Waals surface area contributed by atoms with Crippen LogP contribution in [0.15, 0.2) is 72.1 Å². The topological polar surface area (TPSA) is 72.9 Å². The van der Waals surface area contributed by atoms with Gasteiger partial charge in [0.15, 0.2) is 6.10 Å². The summed E-state index contributed by atoms with van der Waals surface area (Å²) >= 11 is 0. The van der Waals surface area contributed by atoms with E-state index in [2.05, 4.69) is 6.58 Å². The maximum atomic E-state index is 12.9. The average molecular weight is 387 g/mol. The molecular weight excluding hydrogens is 366 g/mol. The van der Waals surface area contributed by atoms with Crippen LogP contribution >= 0.6 is 0 Å². The second-order valence-corrected chi connectivity index (χ2v) is 8.08. The summed E-state index contributed by atoms with van der Waals surface area (Å²) in [5.74, 6) is 0. The Hall–Kier alpha value is -2.64. The van der Waals surface area contributed by atoms with Gasteiger partial charge in [-0.15, -0.1) is 6.58 Å². The first-order chi connectivity index (χ1) is 12.9. The highest BCUT2D eigenvalue weighted by Gasteiger charge is 2.47. The number of carbonyl (C=O) groups excluding carboxylic acids is 1. The highest BCUT2D eigenvalue weighted by Crippen LogP contribution is 2.28. The first-order valence-electron chi connectivity index (χ1n) is 8.49. The number of hydrogen-bond donors (Lipinski definition) is 0. The van der Waals surface area contributed by atoms with Gasteiger partial charge in [0.2, 0.25) is 0 Å². The van der Waals surface area contributed by atoms with E-state index in [0.717, 1.165) is 15.4 Å². The lowest BCUT2D eigenvalue weighted by Gasteiger charge is -2.21. The number of hydrogen-bond acceptors (Lipinski definition) is 5. The van der Waals surface area contributed by atoms with Gasteiger partial charge in [-0.05, 0) is 24.6 Å². The molecule has 0 aliphatic carbocycles. The highest BCUT2D eigenvalue weighted by molar-refractivity contribution is 7.89. The standard InChI is InChI=1S/C20H21NO5S/c1-3-18-19(14-25-13-16-7-5-4-6-8-16)26-20(22)21(18)27(23,24)17-11-9-15(2)10-12-17/h3-12,18-19H,1,13-14H2,2H3/t18-,19-/m0/s1. The van der Waals surface area contributed by atoms with Crippen LogP contribution in [-0.2, 0) is 26.1 Å². The van der Waals surface area contributed by atoms with Crippen molar-refractivity contribution < 1.29 is 22.7 Å². The molecule has 0 radical (unpaired) electrons. The number of cyclic esters (lactones) is 1. The van der Waals surface area contributed by atoms with Crippen molar-refractivity contribution in [3.05, 3.63) is 78.4 Å². The molecule has 2 aromatic carbocycles.